The summed E-state index contributed by atoms with van der Waals surface area (Å²) in [6.45, 7) is 4.59. The average molecular weight is 236 g/mol. The van der Waals surface area contributed by atoms with Crippen LogP contribution in [-0.2, 0) is 9.59 Å². The van der Waals surface area contributed by atoms with E-state index >= 15 is 0 Å². The highest BCUT2D eigenvalue weighted by Gasteiger charge is 2.32. The zero-order chi connectivity index (χ0) is 12.4. The molecule has 1 aliphatic heterocycles. The van der Waals surface area contributed by atoms with E-state index in [1.54, 1.807) is 41.9 Å². The van der Waals surface area contributed by atoms with Crippen LogP contribution < -0.4 is 5.32 Å². The van der Waals surface area contributed by atoms with Crippen LogP contribution in [0.25, 0.3) is 0 Å². The van der Waals surface area contributed by atoms with Crippen molar-refractivity contribution in [3.8, 4) is 0 Å². The molecule has 1 aliphatic rings. The molecule has 1 aromatic heterocycles. The highest BCUT2D eigenvalue weighted by atomic mass is 16.2. The quantitative estimate of drug-likeness (QED) is 0.772. The number of rotatable bonds is 2. The molecule has 1 aromatic rings. The van der Waals surface area contributed by atoms with Crippen molar-refractivity contribution < 1.29 is 9.59 Å². The Morgan fingerprint density at radius 3 is 3.06 bits per heavy atom. The first-order valence-corrected chi connectivity index (χ1v) is 5.68. The van der Waals surface area contributed by atoms with Crippen molar-refractivity contribution in [1.29, 1.82) is 0 Å². The number of nitrogens with one attached hydrogen (secondary N) is 1. The molecule has 92 valence electrons. The monoisotopic (exact) mass is 236 g/mol. The van der Waals surface area contributed by atoms with Crippen LogP contribution in [0.1, 0.15) is 19.9 Å². The van der Waals surface area contributed by atoms with E-state index in [1.807, 2.05) is 0 Å². The molecule has 6 nitrogen and oxygen atoms in total. The van der Waals surface area contributed by atoms with Crippen molar-refractivity contribution in [3.05, 3.63) is 18.5 Å². The third kappa shape index (κ3) is 2.15. The number of aromatic nitrogens is 2. The molecule has 2 heterocycles. The summed E-state index contributed by atoms with van der Waals surface area (Å²) in [5.74, 6) is -0.173. The number of nitrogens with zero attached hydrogens (tertiary/aromatic N) is 3. The highest BCUT2D eigenvalue weighted by Crippen LogP contribution is 2.13. The van der Waals surface area contributed by atoms with E-state index in [0.29, 0.717) is 13.1 Å². The topological polar surface area (TPSA) is 67.2 Å². The zero-order valence-corrected chi connectivity index (χ0v) is 9.96. The van der Waals surface area contributed by atoms with E-state index in [2.05, 4.69) is 10.4 Å². The van der Waals surface area contributed by atoms with Gasteiger partial charge in [-0.05, 0) is 19.9 Å². The predicted molar refractivity (Wildman–Crippen MR) is 61.1 cm³/mol. The molecule has 0 aromatic carbocycles. The summed E-state index contributed by atoms with van der Waals surface area (Å²) in [6, 6.07) is 0.989. The Hall–Kier alpha value is -1.85. The molecule has 17 heavy (non-hydrogen) atoms. The van der Waals surface area contributed by atoms with E-state index in [-0.39, 0.29) is 17.9 Å². The van der Waals surface area contributed by atoms with Crippen molar-refractivity contribution in [3.63, 3.8) is 0 Å². The normalized spacial score (nSPS) is 22.1. The molecule has 0 aliphatic carbocycles. The van der Waals surface area contributed by atoms with Crippen LogP contribution in [0.4, 0.5) is 0 Å². The Bertz CT molecular complexity index is 415. The molecule has 0 bridgehead atoms. The van der Waals surface area contributed by atoms with Crippen LogP contribution in [0.3, 0.4) is 0 Å². The van der Waals surface area contributed by atoms with Gasteiger partial charge in [-0.3, -0.25) is 14.3 Å². The molecule has 0 saturated carbocycles. The van der Waals surface area contributed by atoms with Gasteiger partial charge < -0.3 is 10.2 Å². The van der Waals surface area contributed by atoms with Gasteiger partial charge in [-0.15, -0.1) is 0 Å². The van der Waals surface area contributed by atoms with Crippen LogP contribution in [0.5, 0.6) is 0 Å². The average Bonchev–Trinajstić information content (AvgIpc) is 2.84. The fourth-order valence-corrected chi connectivity index (χ4v) is 1.95. The van der Waals surface area contributed by atoms with Gasteiger partial charge in [0.15, 0.2) is 0 Å². The minimum atomic E-state index is -0.408. The van der Waals surface area contributed by atoms with E-state index in [0.717, 1.165) is 0 Å². The maximum absolute atomic E-state index is 12.2. The largest absolute Gasteiger partial charge is 0.353 e. The van der Waals surface area contributed by atoms with Gasteiger partial charge in [-0.1, -0.05) is 0 Å². The summed E-state index contributed by atoms with van der Waals surface area (Å²) in [6.07, 6.45) is 3.38. The van der Waals surface area contributed by atoms with E-state index in [9.17, 15) is 9.59 Å². The lowest BCUT2D eigenvalue weighted by molar-refractivity contribution is -0.144. The second kappa shape index (κ2) is 4.57. The number of hydrogen-bond donors (Lipinski definition) is 1. The zero-order valence-electron chi connectivity index (χ0n) is 9.96. The number of piperazine rings is 1. The van der Waals surface area contributed by atoms with Crippen LogP contribution in [0, 0.1) is 0 Å². The fraction of sp³-hybridized carbons (Fsp3) is 0.545. The highest BCUT2D eigenvalue weighted by molar-refractivity contribution is 5.89. The number of carbonyl (C=O) groups is 2. The summed E-state index contributed by atoms with van der Waals surface area (Å²) in [4.78, 5) is 25.3. The lowest BCUT2D eigenvalue weighted by atomic mass is 10.1. The second-order valence-corrected chi connectivity index (χ2v) is 4.16. The second-order valence-electron chi connectivity index (χ2n) is 4.16. The van der Waals surface area contributed by atoms with E-state index < -0.39 is 6.04 Å². The molecule has 2 amide bonds. The smallest absolute Gasteiger partial charge is 0.247 e. The van der Waals surface area contributed by atoms with E-state index in [4.69, 9.17) is 0 Å². The molecule has 1 saturated heterocycles. The number of carbonyl (C=O) groups excluding carboxylic acids is 2. The van der Waals surface area contributed by atoms with Gasteiger partial charge in [-0.2, -0.15) is 5.10 Å². The van der Waals surface area contributed by atoms with Gasteiger partial charge in [0.25, 0.3) is 0 Å². The van der Waals surface area contributed by atoms with Crippen molar-refractivity contribution in [2.45, 2.75) is 25.9 Å². The van der Waals surface area contributed by atoms with Crippen molar-refractivity contribution in [2.75, 3.05) is 13.1 Å². The van der Waals surface area contributed by atoms with Crippen LogP contribution >= 0.6 is 0 Å². The van der Waals surface area contributed by atoms with Crippen molar-refractivity contribution in [2.24, 2.45) is 0 Å². The minimum absolute atomic E-state index is 0.0731. The lowest BCUT2D eigenvalue weighted by Gasteiger charge is -2.34. The maximum Gasteiger partial charge on any atom is 0.247 e. The first kappa shape index (κ1) is 11.6. The lowest BCUT2D eigenvalue weighted by Crippen LogP contribution is -2.57. The molecule has 6 heteroatoms. The van der Waals surface area contributed by atoms with Gasteiger partial charge in [0, 0.05) is 25.5 Å². The Balaban J connectivity index is 2.11. The van der Waals surface area contributed by atoms with Gasteiger partial charge in [0.05, 0.1) is 0 Å². The first-order valence-electron chi connectivity index (χ1n) is 5.68. The van der Waals surface area contributed by atoms with Crippen LogP contribution in [-0.4, -0.2) is 45.6 Å². The SMILES string of the molecule is CC1C(=O)NCCN1C(=O)C(C)n1cccn1. The van der Waals surface area contributed by atoms with Gasteiger partial charge in [0.1, 0.15) is 12.1 Å². The Labute approximate surface area is 99.6 Å². The summed E-state index contributed by atoms with van der Waals surface area (Å²) >= 11 is 0. The predicted octanol–water partition coefficient (Wildman–Crippen LogP) is -0.209. The Kier molecular flexibility index (Phi) is 3.12. The molecule has 1 N–H and O–H groups in total. The Morgan fingerprint density at radius 2 is 2.41 bits per heavy atom. The van der Waals surface area contributed by atoms with Crippen molar-refractivity contribution in [1.82, 2.24) is 20.0 Å². The third-order valence-electron chi connectivity index (χ3n) is 3.06. The first-order chi connectivity index (χ1) is 8.11. The van der Waals surface area contributed by atoms with Crippen LogP contribution in [0.15, 0.2) is 18.5 Å². The van der Waals surface area contributed by atoms with Gasteiger partial charge in [-0.25, -0.2) is 0 Å². The van der Waals surface area contributed by atoms with Crippen LogP contribution in [0.2, 0.25) is 0 Å². The molecule has 0 radical (unpaired) electrons. The van der Waals surface area contributed by atoms with Crippen molar-refractivity contribution >= 4 is 11.8 Å². The molecular formula is C11H16N4O2. The summed E-state index contributed by atoms with van der Waals surface area (Å²) in [5.41, 5.74) is 0. The molecule has 0 spiro atoms. The molecule has 2 atom stereocenters. The Morgan fingerprint density at radius 1 is 1.65 bits per heavy atom. The molecule has 2 unspecified atom stereocenters. The third-order valence-corrected chi connectivity index (χ3v) is 3.06. The standard InChI is InChI=1S/C11H16N4O2/c1-8-10(16)12-5-7-14(8)11(17)9(2)15-6-3-4-13-15/h3-4,6,8-9H,5,7H2,1-2H3,(H,12,16). The maximum atomic E-state index is 12.2. The summed E-state index contributed by atoms with van der Waals surface area (Å²) < 4.78 is 1.60. The fourth-order valence-electron chi connectivity index (χ4n) is 1.95. The van der Waals surface area contributed by atoms with Gasteiger partial charge >= 0.3 is 0 Å². The number of amides is 2. The molecule has 2 rings (SSSR count). The minimum Gasteiger partial charge on any atom is -0.353 e. The molecule has 1 fully saturated rings. The van der Waals surface area contributed by atoms with Gasteiger partial charge in [0.2, 0.25) is 11.8 Å². The summed E-state index contributed by atoms with van der Waals surface area (Å²) in [5, 5.41) is 6.78. The molecular weight excluding hydrogens is 220 g/mol. The van der Waals surface area contributed by atoms with E-state index in [1.165, 1.54) is 0 Å². The number of hydrogen-bond acceptors (Lipinski definition) is 3. The summed E-state index contributed by atoms with van der Waals surface area (Å²) in [7, 11) is 0.